The van der Waals surface area contributed by atoms with Gasteiger partial charge in [0.05, 0.1) is 0 Å². The summed E-state index contributed by atoms with van der Waals surface area (Å²) in [6, 6.07) is 6.25. The number of piperidine rings is 1. The predicted octanol–water partition coefficient (Wildman–Crippen LogP) is 3.03. The topological polar surface area (TPSA) is 29.3 Å². The molecule has 0 spiro atoms. The lowest BCUT2D eigenvalue weighted by Gasteiger charge is -2.30. The Morgan fingerprint density at radius 1 is 1.50 bits per heavy atom. The molecule has 2 rings (SSSR count). The molecule has 1 saturated heterocycles. The van der Waals surface area contributed by atoms with Crippen LogP contribution < -0.4 is 5.73 Å². The van der Waals surface area contributed by atoms with Crippen LogP contribution in [0.3, 0.4) is 0 Å². The van der Waals surface area contributed by atoms with Crippen molar-refractivity contribution in [1.82, 2.24) is 4.90 Å². The highest BCUT2D eigenvalue weighted by Crippen LogP contribution is 2.23. The zero-order valence-corrected chi connectivity index (χ0v) is 11.5. The van der Waals surface area contributed by atoms with E-state index in [1.165, 1.54) is 12.0 Å². The van der Waals surface area contributed by atoms with Crippen molar-refractivity contribution < 1.29 is 0 Å². The molecule has 1 fully saturated rings. The maximum Gasteiger partial charge on any atom is 0.0410 e. The summed E-state index contributed by atoms with van der Waals surface area (Å²) in [4.78, 5) is 2.39. The molecule has 16 heavy (non-hydrogen) atoms. The molecule has 0 aliphatic carbocycles. The van der Waals surface area contributed by atoms with Gasteiger partial charge in [0.2, 0.25) is 0 Å². The van der Waals surface area contributed by atoms with Gasteiger partial charge in [-0.1, -0.05) is 27.5 Å². The standard InChI is InChI=1S/C12H16BrClN2/c13-12-4-3-10(14)6-9(12)7-16-5-1-2-11(15)8-16/h3-4,6,11H,1-2,5,7-8,15H2/t11-/m1/s1. The first-order valence-corrected chi connectivity index (χ1v) is 6.74. The SMILES string of the molecule is N[C@@H]1CCCN(Cc2cc(Cl)ccc2Br)C1. The van der Waals surface area contributed by atoms with Gasteiger partial charge in [0.25, 0.3) is 0 Å². The molecule has 2 N–H and O–H groups in total. The van der Waals surface area contributed by atoms with Crippen LogP contribution in [0, 0.1) is 0 Å². The van der Waals surface area contributed by atoms with E-state index in [2.05, 4.69) is 20.8 Å². The molecule has 1 aliphatic rings. The molecule has 2 nitrogen and oxygen atoms in total. The quantitative estimate of drug-likeness (QED) is 0.910. The van der Waals surface area contributed by atoms with Crippen LogP contribution in [-0.2, 0) is 6.54 Å². The minimum atomic E-state index is 0.326. The van der Waals surface area contributed by atoms with Crippen molar-refractivity contribution in [2.75, 3.05) is 13.1 Å². The fourth-order valence-corrected chi connectivity index (χ4v) is 2.71. The van der Waals surface area contributed by atoms with Gasteiger partial charge in [0.1, 0.15) is 0 Å². The summed E-state index contributed by atoms with van der Waals surface area (Å²) < 4.78 is 1.12. The lowest BCUT2D eigenvalue weighted by molar-refractivity contribution is 0.201. The molecular formula is C12H16BrClN2. The summed E-state index contributed by atoms with van der Waals surface area (Å²) in [7, 11) is 0. The number of nitrogens with zero attached hydrogens (tertiary/aromatic N) is 1. The van der Waals surface area contributed by atoms with Crippen molar-refractivity contribution in [2.24, 2.45) is 5.73 Å². The molecule has 0 saturated carbocycles. The number of likely N-dealkylation sites (tertiary alicyclic amines) is 1. The summed E-state index contributed by atoms with van der Waals surface area (Å²) in [6.45, 7) is 3.04. The highest BCUT2D eigenvalue weighted by molar-refractivity contribution is 9.10. The first kappa shape index (κ1) is 12.4. The van der Waals surface area contributed by atoms with Crippen molar-refractivity contribution in [3.8, 4) is 0 Å². The van der Waals surface area contributed by atoms with Crippen molar-refractivity contribution in [3.63, 3.8) is 0 Å². The summed E-state index contributed by atoms with van der Waals surface area (Å²) in [6.07, 6.45) is 2.34. The average molecular weight is 304 g/mol. The van der Waals surface area contributed by atoms with Gasteiger partial charge in [-0.2, -0.15) is 0 Å². The highest BCUT2D eigenvalue weighted by atomic mass is 79.9. The summed E-state index contributed by atoms with van der Waals surface area (Å²) in [5, 5.41) is 0.791. The fraction of sp³-hybridized carbons (Fsp3) is 0.500. The summed E-state index contributed by atoms with van der Waals surface area (Å²) in [5.41, 5.74) is 7.20. The van der Waals surface area contributed by atoms with Gasteiger partial charge in [-0.15, -0.1) is 0 Å². The van der Waals surface area contributed by atoms with Gasteiger partial charge in [-0.25, -0.2) is 0 Å². The first-order valence-electron chi connectivity index (χ1n) is 5.57. The Balaban J connectivity index is 2.05. The maximum absolute atomic E-state index is 6.00. The Kier molecular flexibility index (Phi) is 4.25. The van der Waals surface area contributed by atoms with Crippen LogP contribution in [0.1, 0.15) is 18.4 Å². The molecule has 1 heterocycles. The van der Waals surface area contributed by atoms with E-state index in [9.17, 15) is 0 Å². The van der Waals surface area contributed by atoms with Crippen molar-refractivity contribution >= 4 is 27.5 Å². The smallest absolute Gasteiger partial charge is 0.0410 e. The van der Waals surface area contributed by atoms with Gasteiger partial charge in [-0.3, -0.25) is 4.90 Å². The van der Waals surface area contributed by atoms with Crippen LogP contribution in [0.2, 0.25) is 5.02 Å². The lowest BCUT2D eigenvalue weighted by Crippen LogP contribution is -2.42. The molecule has 0 unspecified atom stereocenters. The fourth-order valence-electron chi connectivity index (χ4n) is 2.14. The molecule has 0 radical (unpaired) electrons. The Hall–Kier alpha value is -0.0900. The van der Waals surface area contributed by atoms with Crippen LogP contribution in [0.15, 0.2) is 22.7 Å². The Bertz CT molecular complexity index is 370. The number of halogens is 2. The molecule has 0 amide bonds. The van der Waals surface area contributed by atoms with Gasteiger partial charge < -0.3 is 5.73 Å². The molecule has 0 bridgehead atoms. The molecule has 1 aromatic rings. The van der Waals surface area contributed by atoms with Gasteiger partial charge >= 0.3 is 0 Å². The minimum Gasteiger partial charge on any atom is -0.327 e. The van der Waals surface area contributed by atoms with Crippen LogP contribution in [0.25, 0.3) is 0 Å². The van der Waals surface area contributed by atoms with Crippen LogP contribution in [0.4, 0.5) is 0 Å². The van der Waals surface area contributed by atoms with E-state index in [1.54, 1.807) is 0 Å². The number of hydrogen-bond acceptors (Lipinski definition) is 2. The zero-order chi connectivity index (χ0) is 11.5. The third kappa shape index (κ3) is 3.20. The minimum absolute atomic E-state index is 0.326. The second-order valence-corrected chi connectivity index (χ2v) is 5.66. The van der Waals surface area contributed by atoms with Gasteiger partial charge in [0, 0.05) is 28.6 Å². The second kappa shape index (κ2) is 5.50. The average Bonchev–Trinajstić information content (AvgIpc) is 2.24. The van der Waals surface area contributed by atoms with E-state index >= 15 is 0 Å². The Morgan fingerprint density at radius 3 is 3.06 bits per heavy atom. The summed E-state index contributed by atoms with van der Waals surface area (Å²) >= 11 is 9.55. The molecule has 4 heteroatoms. The molecular weight excluding hydrogens is 288 g/mol. The van der Waals surface area contributed by atoms with Crippen molar-refractivity contribution in [1.29, 1.82) is 0 Å². The highest BCUT2D eigenvalue weighted by Gasteiger charge is 2.17. The maximum atomic E-state index is 6.00. The molecule has 1 atom stereocenters. The molecule has 0 aromatic heterocycles. The number of nitrogens with two attached hydrogens (primary N) is 1. The van der Waals surface area contributed by atoms with Crippen molar-refractivity contribution in [2.45, 2.75) is 25.4 Å². The Morgan fingerprint density at radius 2 is 2.31 bits per heavy atom. The zero-order valence-electron chi connectivity index (χ0n) is 9.13. The predicted molar refractivity (Wildman–Crippen MR) is 71.6 cm³/mol. The van der Waals surface area contributed by atoms with E-state index in [-0.39, 0.29) is 0 Å². The van der Waals surface area contributed by atoms with Crippen LogP contribution >= 0.6 is 27.5 Å². The van der Waals surface area contributed by atoms with Crippen LogP contribution in [0.5, 0.6) is 0 Å². The van der Waals surface area contributed by atoms with E-state index in [4.69, 9.17) is 17.3 Å². The Labute approximate surface area is 110 Å². The second-order valence-electron chi connectivity index (χ2n) is 4.37. The number of hydrogen-bond donors (Lipinski definition) is 1. The largest absolute Gasteiger partial charge is 0.327 e. The van der Waals surface area contributed by atoms with Crippen molar-refractivity contribution in [3.05, 3.63) is 33.3 Å². The normalized spacial score (nSPS) is 22.3. The number of benzene rings is 1. The van der Waals surface area contributed by atoms with E-state index in [0.29, 0.717) is 6.04 Å². The third-order valence-corrected chi connectivity index (χ3v) is 3.95. The first-order chi connectivity index (χ1) is 7.65. The van der Waals surface area contributed by atoms with Gasteiger partial charge in [-0.05, 0) is 43.1 Å². The molecule has 1 aromatic carbocycles. The lowest BCUT2D eigenvalue weighted by atomic mass is 10.1. The van der Waals surface area contributed by atoms with Gasteiger partial charge in [0.15, 0.2) is 0 Å². The third-order valence-electron chi connectivity index (χ3n) is 2.94. The van der Waals surface area contributed by atoms with E-state index in [0.717, 1.165) is 35.6 Å². The van der Waals surface area contributed by atoms with E-state index in [1.807, 2.05) is 18.2 Å². The molecule has 1 aliphatic heterocycles. The van der Waals surface area contributed by atoms with E-state index < -0.39 is 0 Å². The molecule has 88 valence electrons. The summed E-state index contributed by atoms with van der Waals surface area (Å²) in [5.74, 6) is 0. The van der Waals surface area contributed by atoms with Crippen LogP contribution in [-0.4, -0.2) is 24.0 Å². The monoisotopic (exact) mass is 302 g/mol. The number of rotatable bonds is 2.